The van der Waals surface area contributed by atoms with Gasteiger partial charge in [0.05, 0.1) is 20.3 Å². The Labute approximate surface area is 115 Å². The van der Waals surface area contributed by atoms with Gasteiger partial charge in [-0.05, 0) is 38.9 Å². The molecule has 1 aliphatic heterocycles. The van der Waals surface area contributed by atoms with Gasteiger partial charge in [0, 0.05) is 17.7 Å². The first kappa shape index (κ1) is 14.2. The number of likely N-dealkylation sites (tertiary alicyclic amines) is 1. The van der Waals surface area contributed by atoms with E-state index in [9.17, 15) is 0 Å². The molecule has 0 spiro atoms. The van der Waals surface area contributed by atoms with E-state index in [2.05, 4.69) is 17.9 Å². The Kier molecular flexibility index (Phi) is 4.66. The zero-order valence-corrected chi connectivity index (χ0v) is 12.1. The Hall–Kier alpha value is -1.26. The molecule has 0 aromatic heterocycles. The summed E-state index contributed by atoms with van der Waals surface area (Å²) in [5.41, 5.74) is 7.37. The molecule has 1 saturated heterocycles. The molecule has 19 heavy (non-hydrogen) atoms. The lowest BCUT2D eigenvalue weighted by molar-refractivity contribution is 0.214. The van der Waals surface area contributed by atoms with Crippen molar-refractivity contribution >= 4 is 0 Å². The first-order chi connectivity index (χ1) is 9.17. The second-order valence-corrected chi connectivity index (χ2v) is 5.15. The van der Waals surface area contributed by atoms with E-state index < -0.39 is 0 Å². The van der Waals surface area contributed by atoms with Crippen molar-refractivity contribution in [3.63, 3.8) is 0 Å². The molecular formula is C15H24N2O2. The molecule has 0 bridgehead atoms. The maximum atomic E-state index is 6.21. The molecule has 0 amide bonds. The second-order valence-electron chi connectivity index (χ2n) is 5.15. The van der Waals surface area contributed by atoms with Crippen LogP contribution in [0.15, 0.2) is 18.2 Å². The van der Waals surface area contributed by atoms with E-state index in [0.29, 0.717) is 0 Å². The van der Waals surface area contributed by atoms with E-state index >= 15 is 0 Å². The maximum Gasteiger partial charge on any atom is 0.127 e. The maximum absolute atomic E-state index is 6.21. The Morgan fingerprint density at radius 2 is 1.84 bits per heavy atom. The van der Waals surface area contributed by atoms with Gasteiger partial charge in [-0.25, -0.2) is 0 Å². The summed E-state index contributed by atoms with van der Waals surface area (Å²) in [7, 11) is 3.36. The highest BCUT2D eigenvalue weighted by molar-refractivity contribution is 5.43. The predicted octanol–water partition coefficient (Wildman–Crippen LogP) is 2.19. The van der Waals surface area contributed by atoms with Crippen molar-refractivity contribution in [2.45, 2.75) is 31.8 Å². The first-order valence-electron chi connectivity index (χ1n) is 6.89. The monoisotopic (exact) mass is 264 g/mol. The Bertz CT molecular complexity index is 415. The highest BCUT2D eigenvalue weighted by Gasteiger charge is 2.28. The van der Waals surface area contributed by atoms with Crippen LogP contribution in [0.1, 0.15) is 31.4 Å². The lowest BCUT2D eigenvalue weighted by Gasteiger charge is -2.32. The van der Waals surface area contributed by atoms with Gasteiger partial charge in [0.25, 0.3) is 0 Å². The predicted molar refractivity (Wildman–Crippen MR) is 76.7 cm³/mol. The fraction of sp³-hybridized carbons (Fsp3) is 0.600. The van der Waals surface area contributed by atoms with Crippen molar-refractivity contribution in [2.75, 3.05) is 27.3 Å². The van der Waals surface area contributed by atoms with E-state index in [-0.39, 0.29) is 12.1 Å². The lowest BCUT2D eigenvalue weighted by atomic mass is 9.98. The molecule has 4 heteroatoms. The highest BCUT2D eigenvalue weighted by Crippen LogP contribution is 2.35. The van der Waals surface area contributed by atoms with Crippen LogP contribution in [0, 0.1) is 0 Å². The Morgan fingerprint density at radius 3 is 2.37 bits per heavy atom. The molecule has 2 rings (SSSR count). The topological polar surface area (TPSA) is 47.7 Å². The first-order valence-corrected chi connectivity index (χ1v) is 6.89. The summed E-state index contributed by atoms with van der Waals surface area (Å²) < 4.78 is 10.8. The normalized spacial score (nSPS) is 19.2. The zero-order chi connectivity index (χ0) is 13.8. The third-order valence-corrected chi connectivity index (χ3v) is 3.79. The second kappa shape index (κ2) is 6.26. The van der Waals surface area contributed by atoms with Crippen molar-refractivity contribution < 1.29 is 9.47 Å². The summed E-state index contributed by atoms with van der Waals surface area (Å²) in [4.78, 5) is 2.45. The van der Waals surface area contributed by atoms with Gasteiger partial charge < -0.3 is 15.2 Å². The molecular weight excluding hydrogens is 240 g/mol. The molecule has 1 aliphatic rings. The van der Waals surface area contributed by atoms with E-state index in [1.165, 1.54) is 12.8 Å². The molecule has 2 unspecified atom stereocenters. The van der Waals surface area contributed by atoms with Crippen LogP contribution in [0.3, 0.4) is 0 Å². The van der Waals surface area contributed by atoms with E-state index in [4.69, 9.17) is 15.2 Å². The van der Waals surface area contributed by atoms with Gasteiger partial charge in [-0.2, -0.15) is 0 Å². The lowest BCUT2D eigenvalue weighted by Crippen LogP contribution is -2.38. The molecule has 2 N–H and O–H groups in total. The molecule has 0 aliphatic carbocycles. The fourth-order valence-electron chi connectivity index (χ4n) is 2.90. The van der Waals surface area contributed by atoms with Crippen LogP contribution in [0.4, 0.5) is 0 Å². The number of methoxy groups -OCH3 is 2. The van der Waals surface area contributed by atoms with Crippen LogP contribution in [-0.2, 0) is 0 Å². The van der Waals surface area contributed by atoms with Crippen molar-refractivity contribution in [2.24, 2.45) is 5.73 Å². The van der Waals surface area contributed by atoms with Gasteiger partial charge >= 0.3 is 0 Å². The van der Waals surface area contributed by atoms with Gasteiger partial charge in [-0.1, -0.05) is 6.07 Å². The summed E-state index contributed by atoms with van der Waals surface area (Å²) in [6, 6.07) is 6.26. The SMILES string of the molecule is COc1ccc(C(C(C)N)N2CCCC2)c(OC)c1. The van der Waals surface area contributed by atoms with Crippen LogP contribution < -0.4 is 15.2 Å². The fourth-order valence-corrected chi connectivity index (χ4v) is 2.90. The molecule has 1 aromatic carbocycles. The van der Waals surface area contributed by atoms with Gasteiger partial charge in [0.2, 0.25) is 0 Å². The summed E-state index contributed by atoms with van der Waals surface area (Å²) >= 11 is 0. The minimum Gasteiger partial charge on any atom is -0.497 e. The molecule has 106 valence electrons. The number of ether oxygens (including phenoxy) is 2. The van der Waals surface area contributed by atoms with Crippen molar-refractivity contribution in [3.05, 3.63) is 23.8 Å². The third kappa shape index (κ3) is 3.01. The summed E-state index contributed by atoms with van der Waals surface area (Å²) in [6.07, 6.45) is 2.50. The molecule has 4 nitrogen and oxygen atoms in total. The van der Waals surface area contributed by atoms with Gasteiger partial charge in [-0.3, -0.25) is 4.90 Å². The Morgan fingerprint density at radius 1 is 1.16 bits per heavy atom. The smallest absolute Gasteiger partial charge is 0.127 e. The Balaban J connectivity index is 2.35. The summed E-state index contributed by atoms with van der Waals surface area (Å²) in [5.74, 6) is 1.67. The van der Waals surface area contributed by atoms with Crippen LogP contribution >= 0.6 is 0 Å². The van der Waals surface area contributed by atoms with Crippen molar-refractivity contribution in [1.82, 2.24) is 4.90 Å². The molecule has 1 fully saturated rings. The number of nitrogens with zero attached hydrogens (tertiary/aromatic N) is 1. The standard InChI is InChI=1S/C15H24N2O2/c1-11(16)15(17-8-4-5-9-17)13-7-6-12(18-2)10-14(13)19-3/h6-7,10-11,15H,4-5,8-9,16H2,1-3H3. The molecule has 1 aromatic rings. The van der Waals surface area contributed by atoms with E-state index in [1.54, 1.807) is 14.2 Å². The molecule has 1 heterocycles. The highest BCUT2D eigenvalue weighted by atomic mass is 16.5. The average molecular weight is 264 g/mol. The zero-order valence-electron chi connectivity index (χ0n) is 12.1. The summed E-state index contributed by atoms with van der Waals surface area (Å²) in [5, 5.41) is 0. The largest absolute Gasteiger partial charge is 0.497 e. The number of benzene rings is 1. The minimum atomic E-state index is 0.0698. The minimum absolute atomic E-state index is 0.0698. The van der Waals surface area contributed by atoms with Gasteiger partial charge in [-0.15, -0.1) is 0 Å². The number of hydrogen-bond acceptors (Lipinski definition) is 4. The molecule has 2 atom stereocenters. The van der Waals surface area contributed by atoms with Crippen molar-refractivity contribution in [3.8, 4) is 11.5 Å². The van der Waals surface area contributed by atoms with Crippen LogP contribution in [0.2, 0.25) is 0 Å². The number of hydrogen-bond donors (Lipinski definition) is 1. The summed E-state index contributed by atoms with van der Waals surface area (Å²) in [6.45, 7) is 4.29. The molecule has 0 saturated carbocycles. The van der Waals surface area contributed by atoms with Crippen LogP contribution in [0.25, 0.3) is 0 Å². The number of nitrogens with two attached hydrogens (primary N) is 1. The van der Waals surface area contributed by atoms with Crippen LogP contribution in [-0.4, -0.2) is 38.3 Å². The average Bonchev–Trinajstić information content (AvgIpc) is 2.92. The number of rotatable bonds is 5. The van der Waals surface area contributed by atoms with Crippen LogP contribution in [0.5, 0.6) is 11.5 Å². The van der Waals surface area contributed by atoms with Crippen molar-refractivity contribution in [1.29, 1.82) is 0 Å². The van der Waals surface area contributed by atoms with E-state index in [0.717, 1.165) is 30.2 Å². The third-order valence-electron chi connectivity index (χ3n) is 3.79. The quantitative estimate of drug-likeness (QED) is 0.885. The van der Waals surface area contributed by atoms with Gasteiger partial charge in [0.15, 0.2) is 0 Å². The van der Waals surface area contributed by atoms with E-state index in [1.807, 2.05) is 12.1 Å². The van der Waals surface area contributed by atoms with Gasteiger partial charge in [0.1, 0.15) is 11.5 Å². The molecule has 0 radical (unpaired) electrons.